The molecule has 5 nitrogen and oxygen atoms in total. The van der Waals surface area contributed by atoms with Gasteiger partial charge in [-0.25, -0.2) is 9.98 Å². The molecule has 0 aliphatic rings. The zero-order valence-electron chi connectivity index (χ0n) is 14.6. The van der Waals surface area contributed by atoms with Crippen molar-refractivity contribution < 1.29 is 0 Å². The molecule has 0 saturated carbocycles. The first-order chi connectivity index (χ1) is 10.4. The summed E-state index contributed by atoms with van der Waals surface area (Å²) >= 11 is 0. The van der Waals surface area contributed by atoms with Crippen LogP contribution in [0.5, 0.6) is 0 Å². The van der Waals surface area contributed by atoms with E-state index in [4.69, 9.17) is 5.73 Å². The number of nitrogens with zero attached hydrogens (tertiary/aromatic N) is 3. The van der Waals surface area contributed by atoms with Crippen molar-refractivity contribution in [3.05, 3.63) is 23.9 Å². The second kappa shape index (κ2) is 9.28. The molecule has 0 fully saturated rings. The molecule has 0 amide bonds. The molecular weight excluding hydrogens is 274 g/mol. The standard InChI is InChI=1S/C17H31N5/c1-13(2)7-6-8-14(3)21-17(18)20-12-15-9-10-19-16(11-15)22(4)5/h9-11,13-14H,6-8,12H2,1-5H3,(H3,18,20,21). The molecule has 3 N–H and O–H groups in total. The molecule has 0 spiro atoms. The molecule has 1 unspecified atom stereocenters. The van der Waals surface area contributed by atoms with Crippen LogP contribution in [0.2, 0.25) is 0 Å². The molecule has 0 bridgehead atoms. The number of aliphatic imine (C=N–C) groups is 1. The van der Waals surface area contributed by atoms with Gasteiger partial charge in [0, 0.05) is 26.3 Å². The fourth-order valence-electron chi connectivity index (χ4n) is 2.18. The van der Waals surface area contributed by atoms with Crippen molar-refractivity contribution in [2.24, 2.45) is 16.6 Å². The normalized spacial score (nSPS) is 13.3. The van der Waals surface area contributed by atoms with Gasteiger partial charge in [-0.2, -0.15) is 0 Å². The minimum atomic E-state index is 0.359. The summed E-state index contributed by atoms with van der Waals surface area (Å²) in [6, 6.07) is 4.36. The summed E-state index contributed by atoms with van der Waals surface area (Å²) in [6.07, 6.45) is 5.40. The topological polar surface area (TPSA) is 66.5 Å². The van der Waals surface area contributed by atoms with Gasteiger partial charge in [-0.05, 0) is 37.0 Å². The van der Waals surface area contributed by atoms with Crippen molar-refractivity contribution in [3.63, 3.8) is 0 Å². The van der Waals surface area contributed by atoms with Crippen molar-refractivity contribution in [2.75, 3.05) is 19.0 Å². The van der Waals surface area contributed by atoms with Crippen molar-refractivity contribution in [3.8, 4) is 0 Å². The first-order valence-corrected chi connectivity index (χ1v) is 8.07. The Labute approximate surface area is 135 Å². The first kappa shape index (κ1) is 18.3. The SMILES string of the molecule is CC(C)CCCC(C)NC(N)=NCc1ccnc(N(C)C)c1. The number of guanidine groups is 1. The van der Waals surface area contributed by atoms with Gasteiger partial charge in [0.25, 0.3) is 0 Å². The van der Waals surface area contributed by atoms with Gasteiger partial charge in [0.05, 0.1) is 6.54 Å². The van der Waals surface area contributed by atoms with Gasteiger partial charge in [0.2, 0.25) is 0 Å². The highest BCUT2D eigenvalue weighted by Crippen LogP contribution is 2.10. The van der Waals surface area contributed by atoms with Crippen LogP contribution in [0, 0.1) is 5.92 Å². The lowest BCUT2D eigenvalue weighted by molar-refractivity contribution is 0.493. The van der Waals surface area contributed by atoms with Crippen molar-refractivity contribution in [2.45, 2.75) is 52.6 Å². The molecule has 1 aromatic heterocycles. The third kappa shape index (κ3) is 7.29. The van der Waals surface area contributed by atoms with E-state index in [1.807, 2.05) is 31.1 Å². The summed E-state index contributed by atoms with van der Waals surface area (Å²) in [5.74, 6) is 2.21. The van der Waals surface area contributed by atoms with Gasteiger partial charge in [0.15, 0.2) is 5.96 Å². The molecule has 1 atom stereocenters. The van der Waals surface area contributed by atoms with Crippen LogP contribution in [0.3, 0.4) is 0 Å². The Kier molecular flexibility index (Phi) is 7.71. The number of aromatic nitrogens is 1. The minimum Gasteiger partial charge on any atom is -0.370 e. The fraction of sp³-hybridized carbons (Fsp3) is 0.647. The van der Waals surface area contributed by atoms with Crippen LogP contribution in [-0.2, 0) is 6.54 Å². The Morgan fingerprint density at radius 1 is 1.32 bits per heavy atom. The summed E-state index contributed by atoms with van der Waals surface area (Å²) in [5, 5.41) is 3.26. The van der Waals surface area contributed by atoms with Crippen LogP contribution in [-0.4, -0.2) is 31.1 Å². The number of pyridine rings is 1. The molecule has 124 valence electrons. The van der Waals surface area contributed by atoms with Gasteiger partial charge in [-0.15, -0.1) is 0 Å². The largest absolute Gasteiger partial charge is 0.370 e. The van der Waals surface area contributed by atoms with E-state index in [2.05, 4.69) is 36.1 Å². The first-order valence-electron chi connectivity index (χ1n) is 8.07. The molecule has 1 aromatic rings. The average Bonchev–Trinajstić information content (AvgIpc) is 2.45. The minimum absolute atomic E-state index is 0.359. The number of hydrogen-bond acceptors (Lipinski definition) is 3. The van der Waals surface area contributed by atoms with Crippen molar-refractivity contribution in [1.29, 1.82) is 0 Å². The third-order valence-corrected chi connectivity index (χ3v) is 3.51. The van der Waals surface area contributed by atoms with Crippen LogP contribution >= 0.6 is 0 Å². The molecular formula is C17H31N5. The van der Waals surface area contributed by atoms with E-state index in [1.54, 1.807) is 6.20 Å². The summed E-state index contributed by atoms with van der Waals surface area (Å²) in [6.45, 7) is 7.23. The monoisotopic (exact) mass is 305 g/mol. The fourth-order valence-corrected chi connectivity index (χ4v) is 2.18. The van der Waals surface area contributed by atoms with E-state index in [0.717, 1.165) is 23.7 Å². The van der Waals surface area contributed by atoms with Crippen LogP contribution in [0.4, 0.5) is 5.82 Å². The Balaban J connectivity index is 2.43. The van der Waals surface area contributed by atoms with Gasteiger partial charge in [-0.1, -0.05) is 26.7 Å². The maximum absolute atomic E-state index is 5.96. The summed E-state index contributed by atoms with van der Waals surface area (Å²) in [5.41, 5.74) is 7.07. The lowest BCUT2D eigenvalue weighted by Gasteiger charge is -2.15. The highest BCUT2D eigenvalue weighted by Gasteiger charge is 2.04. The Morgan fingerprint density at radius 3 is 2.68 bits per heavy atom. The van der Waals surface area contributed by atoms with E-state index in [-0.39, 0.29) is 0 Å². The highest BCUT2D eigenvalue weighted by atomic mass is 15.1. The zero-order chi connectivity index (χ0) is 16.5. The quantitative estimate of drug-likeness (QED) is 0.572. The molecule has 0 radical (unpaired) electrons. The number of nitrogens with two attached hydrogens (primary N) is 1. The van der Waals surface area contributed by atoms with Crippen LogP contribution < -0.4 is 16.0 Å². The van der Waals surface area contributed by atoms with E-state index in [0.29, 0.717) is 18.5 Å². The predicted molar refractivity (Wildman–Crippen MR) is 95.2 cm³/mol. The van der Waals surface area contributed by atoms with E-state index in [9.17, 15) is 0 Å². The van der Waals surface area contributed by atoms with Crippen LogP contribution in [0.25, 0.3) is 0 Å². The van der Waals surface area contributed by atoms with Gasteiger partial charge >= 0.3 is 0 Å². The molecule has 22 heavy (non-hydrogen) atoms. The smallest absolute Gasteiger partial charge is 0.189 e. The second-order valence-corrected chi connectivity index (χ2v) is 6.49. The summed E-state index contributed by atoms with van der Waals surface area (Å²) in [4.78, 5) is 10.7. The Bertz CT molecular complexity index is 468. The van der Waals surface area contributed by atoms with Crippen molar-refractivity contribution in [1.82, 2.24) is 10.3 Å². The Hall–Kier alpha value is -1.78. The average molecular weight is 305 g/mol. The molecule has 1 rings (SSSR count). The maximum Gasteiger partial charge on any atom is 0.189 e. The molecule has 5 heteroatoms. The number of hydrogen-bond donors (Lipinski definition) is 2. The zero-order valence-corrected chi connectivity index (χ0v) is 14.6. The van der Waals surface area contributed by atoms with Crippen molar-refractivity contribution >= 4 is 11.8 Å². The molecule has 1 heterocycles. The lowest BCUT2D eigenvalue weighted by Crippen LogP contribution is -2.38. The lowest BCUT2D eigenvalue weighted by atomic mass is 10.0. The van der Waals surface area contributed by atoms with E-state index < -0.39 is 0 Å². The summed E-state index contributed by atoms with van der Waals surface area (Å²) < 4.78 is 0. The molecule has 0 aromatic carbocycles. The predicted octanol–water partition coefficient (Wildman–Crippen LogP) is 2.77. The molecule has 0 aliphatic heterocycles. The van der Waals surface area contributed by atoms with Gasteiger partial charge in [0.1, 0.15) is 5.82 Å². The van der Waals surface area contributed by atoms with Crippen LogP contribution in [0.15, 0.2) is 23.3 Å². The number of anilines is 1. The van der Waals surface area contributed by atoms with Gasteiger partial charge in [-0.3, -0.25) is 0 Å². The molecule has 0 saturated heterocycles. The van der Waals surface area contributed by atoms with E-state index >= 15 is 0 Å². The molecule has 0 aliphatic carbocycles. The second-order valence-electron chi connectivity index (χ2n) is 6.49. The van der Waals surface area contributed by atoms with Crippen LogP contribution in [0.1, 0.15) is 45.6 Å². The highest BCUT2D eigenvalue weighted by molar-refractivity contribution is 5.78. The van der Waals surface area contributed by atoms with Gasteiger partial charge < -0.3 is 16.0 Å². The Morgan fingerprint density at radius 2 is 2.05 bits per heavy atom. The number of nitrogens with one attached hydrogen (secondary N) is 1. The third-order valence-electron chi connectivity index (χ3n) is 3.51. The summed E-state index contributed by atoms with van der Waals surface area (Å²) in [7, 11) is 3.95. The number of rotatable bonds is 8. The maximum atomic E-state index is 5.96. The van der Waals surface area contributed by atoms with E-state index in [1.165, 1.54) is 12.8 Å².